The molecule has 0 radical (unpaired) electrons. The molecule has 19 heavy (non-hydrogen) atoms. The fraction of sp³-hybridized carbons (Fsp3) is 0.600. The first-order chi connectivity index (χ1) is 9.02. The molecule has 0 spiro atoms. The summed E-state index contributed by atoms with van der Waals surface area (Å²) in [5.74, 6) is 6.24. The summed E-state index contributed by atoms with van der Waals surface area (Å²) in [6, 6.07) is 0. The predicted molar refractivity (Wildman–Crippen MR) is 73.5 cm³/mol. The number of nitrogens with one attached hydrogen (secondary N) is 2. The highest BCUT2D eigenvalue weighted by Crippen LogP contribution is 2.10. The molecule has 0 atom stereocenters. The van der Waals surface area contributed by atoms with Crippen LogP contribution in [0.5, 0.6) is 0 Å². The van der Waals surface area contributed by atoms with Gasteiger partial charge in [-0.15, -0.1) is 0 Å². The van der Waals surface area contributed by atoms with Crippen LogP contribution in [0.15, 0.2) is 0 Å². The van der Waals surface area contributed by atoms with Gasteiger partial charge in [-0.1, -0.05) is 0 Å². The first-order valence-electron chi connectivity index (χ1n) is 5.95. The first-order valence-corrected chi connectivity index (χ1v) is 5.95. The number of carbonyl (C=O) groups is 1. The molecule has 0 aliphatic heterocycles. The Morgan fingerprint density at radius 1 is 1.21 bits per heavy atom. The fourth-order valence-corrected chi connectivity index (χ4v) is 1.33. The van der Waals surface area contributed by atoms with E-state index < -0.39 is 0 Å². The SMILES string of the molecule is CN(C)c1nc(NN)nc(NCCCCC(N)=O)n1. The number of nitrogen functional groups attached to an aromatic ring is 1. The Labute approximate surface area is 111 Å². The third kappa shape index (κ3) is 5.34. The Kier molecular flexibility index (Phi) is 5.73. The smallest absolute Gasteiger partial charge is 0.243 e. The molecule has 1 amide bonds. The monoisotopic (exact) mass is 268 g/mol. The number of hydrazine groups is 1. The number of primary amides is 1. The second kappa shape index (κ2) is 7.31. The zero-order chi connectivity index (χ0) is 14.3. The quantitative estimate of drug-likeness (QED) is 0.276. The van der Waals surface area contributed by atoms with Crippen molar-refractivity contribution in [3.63, 3.8) is 0 Å². The highest BCUT2D eigenvalue weighted by molar-refractivity contribution is 5.73. The van der Waals surface area contributed by atoms with Crippen LogP contribution in [-0.4, -0.2) is 41.5 Å². The fourth-order valence-electron chi connectivity index (χ4n) is 1.33. The van der Waals surface area contributed by atoms with Gasteiger partial charge in [0.1, 0.15) is 0 Å². The number of unbranched alkanes of at least 4 members (excludes halogenated alkanes) is 1. The van der Waals surface area contributed by atoms with Gasteiger partial charge in [-0.2, -0.15) is 15.0 Å². The van der Waals surface area contributed by atoms with Crippen LogP contribution in [0.1, 0.15) is 19.3 Å². The van der Waals surface area contributed by atoms with E-state index in [-0.39, 0.29) is 5.91 Å². The van der Waals surface area contributed by atoms with Gasteiger partial charge in [0, 0.05) is 27.1 Å². The number of hydrogen-bond donors (Lipinski definition) is 4. The van der Waals surface area contributed by atoms with Crippen LogP contribution >= 0.6 is 0 Å². The molecule has 0 saturated heterocycles. The Morgan fingerprint density at radius 2 is 1.89 bits per heavy atom. The largest absolute Gasteiger partial charge is 0.370 e. The van der Waals surface area contributed by atoms with Crippen LogP contribution in [-0.2, 0) is 4.79 Å². The van der Waals surface area contributed by atoms with Gasteiger partial charge >= 0.3 is 0 Å². The van der Waals surface area contributed by atoms with E-state index in [2.05, 4.69) is 25.7 Å². The minimum absolute atomic E-state index is 0.287. The highest BCUT2D eigenvalue weighted by Gasteiger charge is 2.06. The van der Waals surface area contributed by atoms with Gasteiger partial charge in [0.2, 0.25) is 23.8 Å². The lowest BCUT2D eigenvalue weighted by Crippen LogP contribution is -2.19. The molecule has 6 N–H and O–H groups in total. The van der Waals surface area contributed by atoms with Gasteiger partial charge < -0.3 is 16.0 Å². The minimum atomic E-state index is -0.287. The van der Waals surface area contributed by atoms with Gasteiger partial charge in [-0.05, 0) is 12.8 Å². The summed E-state index contributed by atoms with van der Waals surface area (Å²) >= 11 is 0. The van der Waals surface area contributed by atoms with Crippen molar-refractivity contribution in [2.24, 2.45) is 11.6 Å². The average Bonchev–Trinajstić information content (AvgIpc) is 2.37. The Bertz CT molecular complexity index is 422. The second-order valence-corrected chi connectivity index (χ2v) is 4.17. The first kappa shape index (κ1) is 14.9. The summed E-state index contributed by atoms with van der Waals surface area (Å²) in [6.45, 7) is 0.647. The summed E-state index contributed by atoms with van der Waals surface area (Å²) in [5, 5.41) is 3.05. The molecule has 0 saturated carbocycles. The number of carbonyl (C=O) groups excluding carboxylic acids is 1. The maximum absolute atomic E-state index is 10.6. The van der Waals surface area contributed by atoms with Crippen molar-refractivity contribution in [1.82, 2.24) is 15.0 Å². The number of amides is 1. The molecule has 0 aromatic carbocycles. The van der Waals surface area contributed by atoms with Crippen LogP contribution in [0.2, 0.25) is 0 Å². The molecule has 0 fully saturated rings. The zero-order valence-electron chi connectivity index (χ0n) is 11.2. The second-order valence-electron chi connectivity index (χ2n) is 4.17. The molecule has 1 rings (SSSR count). The van der Waals surface area contributed by atoms with Crippen LogP contribution in [0.4, 0.5) is 17.8 Å². The summed E-state index contributed by atoms with van der Waals surface area (Å²) < 4.78 is 0. The van der Waals surface area contributed by atoms with E-state index in [4.69, 9.17) is 11.6 Å². The van der Waals surface area contributed by atoms with Crippen LogP contribution in [0.3, 0.4) is 0 Å². The molecule has 1 aromatic heterocycles. The van der Waals surface area contributed by atoms with E-state index in [1.54, 1.807) is 4.90 Å². The molecule has 9 nitrogen and oxygen atoms in total. The van der Waals surface area contributed by atoms with Gasteiger partial charge in [-0.25, -0.2) is 5.84 Å². The van der Waals surface area contributed by atoms with E-state index in [9.17, 15) is 4.79 Å². The molecule has 9 heteroatoms. The van der Waals surface area contributed by atoms with Gasteiger partial charge in [0.05, 0.1) is 0 Å². The molecule has 0 bridgehead atoms. The van der Waals surface area contributed by atoms with E-state index in [1.807, 2.05) is 14.1 Å². The third-order valence-corrected chi connectivity index (χ3v) is 2.29. The third-order valence-electron chi connectivity index (χ3n) is 2.29. The van der Waals surface area contributed by atoms with Crippen molar-refractivity contribution >= 4 is 23.8 Å². The highest BCUT2D eigenvalue weighted by atomic mass is 16.1. The Balaban J connectivity index is 2.52. The molecular weight excluding hydrogens is 248 g/mol. The van der Waals surface area contributed by atoms with Crippen molar-refractivity contribution in [3.05, 3.63) is 0 Å². The topological polar surface area (TPSA) is 135 Å². The van der Waals surface area contributed by atoms with Gasteiger partial charge in [0.15, 0.2) is 0 Å². The van der Waals surface area contributed by atoms with E-state index in [0.717, 1.165) is 12.8 Å². The van der Waals surface area contributed by atoms with Crippen molar-refractivity contribution in [1.29, 1.82) is 0 Å². The lowest BCUT2D eigenvalue weighted by Gasteiger charge is -2.13. The maximum Gasteiger partial charge on any atom is 0.243 e. The predicted octanol–water partition coefficient (Wildman–Crippen LogP) is -0.709. The van der Waals surface area contributed by atoms with Crippen molar-refractivity contribution in [2.45, 2.75) is 19.3 Å². The Hall–Kier alpha value is -2.16. The molecular formula is C10H20N8O. The van der Waals surface area contributed by atoms with Crippen molar-refractivity contribution in [2.75, 3.05) is 36.3 Å². The number of nitrogens with zero attached hydrogens (tertiary/aromatic N) is 4. The van der Waals surface area contributed by atoms with E-state index in [1.165, 1.54) is 0 Å². The number of rotatable bonds is 8. The molecule has 0 unspecified atom stereocenters. The lowest BCUT2D eigenvalue weighted by atomic mass is 10.2. The van der Waals surface area contributed by atoms with Gasteiger partial charge in [0.25, 0.3) is 0 Å². The summed E-state index contributed by atoms with van der Waals surface area (Å²) in [6.07, 6.45) is 1.92. The number of hydrogen-bond acceptors (Lipinski definition) is 8. The van der Waals surface area contributed by atoms with E-state index in [0.29, 0.717) is 30.8 Å². The van der Waals surface area contributed by atoms with Crippen LogP contribution in [0, 0.1) is 0 Å². The minimum Gasteiger partial charge on any atom is -0.370 e. The molecule has 1 heterocycles. The molecule has 1 aromatic rings. The van der Waals surface area contributed by atoms with Crippen LogP contribution < -0.4 is 27.2 Å². The van der Waals surface area contributed by atoms with Crippen molar-refractivity contribution in [3.8, 4) is 0 Å². The van der Waals surface area contributed by atoms with Gasteiger partial charge in [-0.3, -0.25) is 10.2 Å². The summed E-state index contributed by atoms with van der Waals surface area (Å²) in [7, 11) is 3.65. The number of aromatic nitrogens is 3. The summed E-state index contributed by atoms with van der Waals surface area (Å²) in [5.41, 5.74) is 7.45. The van der Waals surface area contributed by atoms with Crippen molar-refractivity contribution < 1.29 is 4.79 Å². The molecule has 0 aliphatic rings. The standard InChI is InChI=1S/C10H20N8O/c1-18(2)10-15-8(14-9(16-10)17-12)13-6-4-3-5-7(11)19/h3-6,12H2,1-2H3,(H2,11,19)(H2,13,14,15,16,17). The average molecular weight is 268 g/mol. The summed E-state index contributed by atoms with van der Waals surface area (Å²) in [4.78, 5) is 24.7. The molecule has 0 aliphatic carbocycles. The Morgan fingerprint density at radius 3 is 2.47 bits per heavy atom. The van der Waals surface area contributed by atoms with Crippen LogP contribution in [0.25, 0.3) is 0 Å². The lowest BCUT2D eigenvalue weighted by molar-refractivity contribution is -0.118. The zero-order valence-corrected chi connectivity index (χ0v) is 11.2. The maximum atomic E-state index is 10.6. The number of anilines is 3. The van der Waals surface area contributed by atoms with E-state index >= 15 is 0 Å². The number of nitrogens with two attached hydrogens (primary N) is 2. The normalized spacial score (nSPS) is 10.1. The molecule has 106 valence electrons.